The molecule has 1 atom stereocenters. The summed E-state index contributed by atoms with van der Waals surface area (Å²) in [6, 6.07) is 0.148. The molecule has 7 heteroatoms. The van der Waals surface area contributed by atoms with Gasteiger partial charge in [-0.25, -0.2) is 0 Å². The summed E-state index contributed by atoms with van der Waals surface area (Å²) in [6.07, 6.45) is 6.11. The van der Waals surface area contributed by atoms with Crippen molar-refractivity contribution in [1.82, 2.24) is 19.8 Å². The van der Waals surface area contributed by atoms with Crippen molar-refractivity contribution in [3.8, 4) is 0 Å². The molecule has 0 bridgehead atoms. The molecule has 1 aromatic heterocycles. The molecule has 2 aliphatic rings. The largest absolute Gasteiger partial charge is 0.387 e. The second-order valence-electron chi connectivity index (χ2n) is 7.46. The molecule has 0 aromatic carbocycles. The number of rotatable bonds is 4. The number of likely N-dealkylation sites (tertiary alicyclic amines) is 1. The molecule has 3 heterocycles. The number of aryl methyl sites for hydroxylation is 1. The zero-order valence-corrected chi connectivity index (χ0v) is 15.5. The Bertz CT molecular complexity index is 675. The van der Waals surface area contributed by atoms with Crippen LogP contribution in [0.25, 0.3) is 0 Å². The Morgan fingerprint density at radius 3 is 2.96 bits per heavy atom. The Kier molecular flexibility index (Phi) is 5.03. The number of nitrogens with zero attached hydrogens (tertiary/aromatic N) is 5. The van der Waals surface area contributed by atoms with Crippen molar-refractivity contribution >= 4 is 11.6 Å². The molecule has 1 fully saturated rings. The van der Waals surface area contributed by atoms with Gasteiger partial charge in [-0.3, -0.25) is 19.7 Å². The first-order valence-corrected chi connectivity index (χ1v) is 8.91. The lowest BCUT2D eigenvalue weighted by Crippen LogP contribution is -2.49. The van der Waals surface area contributed by atoms with Crippen LogP contribution in [0.15, 0.2) is 17.5 Å². The van der Waals surface area contributed by atoms with Gasteiger partial charge in [0.1, 0.15) is 5.71 Å². The van der Waals surface area contributed by atoms with Crippen LogP contribution in [0.3, 0.4) is 0 Å². The zero-order valence-electron chi connectivity index (χ0n) is 15.5. The molecule has 0 radical (unpaired) electrons. The molecule has 7 nitrogen and oxygen atoms in total. The van der Waals surface area contributed by atoms with E-state index in [9.17, 15) is 4.79 Å². The predicted molar refractivity (Wildman–Crippen MR) is 95.1 cm³/mol. The van der Waals surface area contributed by atoms with E-state index in [1.807, 2.05) is 34.0 Å². The minimum Gasteiger partial charge on any atom is -0.387 e. The number of carbonyl (C=O) groups is 1. The third kappa shape index (κ3) is 3.98. The Labute approximate surface area is 149 Å². The fourth-order valence-electron chi connectivity index (χ4n) is 3.44. The molecule has 1 amide bonds. The Hall–Kier alpha value is -2.02. The molecule has 2 aliphatic heterocycles. The van der Waals surface area contributed by atoms with E-state index < -0.39 is 0 Å². The van der Waals surface area contributed by atoms with Crippen molar-refractivity contribution in [2.45, 2.75) is 58.2 Å². The van der Waals surface area contributed by atoms with Gasteiger partial charge in [0.05, 0.1) is 11.4 Å². The summed E-state index contributed by atoms with van der Waals surface area (Å²) < 4.78 is 0. The molecule has 0 N–H and O–H groups in total. The summed E-state index contributed by atoms with van der Waals surface area (Å²) >= 11 is 0. The average Bonchev–Trinajstić information content (AvgIpc) is 2.96. The van der Waals surface area contributed by atoms with Gasteiger partial charge in [-0.2, -0.15) is 0 Å². The quantitative estimate of drug-likeness (QED) is 0.832. The van der Waals surface area contributed by atoms with E-state index in [1.54, 1.807) is 11.1 Å². The van der Waals surface area contributed by atoms with Gasteiger partial charge >= 0.3 is 0 Å². The number of hydrogen-bond acceptors (Lipinski definition) is 6. The third-order valence-corrected chi connectivity index (χ3v) is 4.99. The SMILES string of the molecule is Cc1cncc(CN2CCCC3(CC(C(=O)N(C)C(C)C)=NO3)C2)n1. The van der Waals surface area contributed by atoms with Gasteiger partial charge in [-0.15, -0.1) is 0 Å². The number of carbonyl (C=O) groups excluding carboxylic acids is 1. The van der Waals surface area contributed by atoms with E-state index in [4.69, 9.17) is 4.84 Å². The van der Waals surface area contributed by atoms with Crippen molar-refractivity contribution in [2.75, 3.05) is 20.1 Å². The van der Waals surface area contributed by atoms with Gasteiger partial charge in [0.2, 0.25) is 0 Å². The predicted octanol–water partition coefficient (Wildman–Crippen LogP) is 1.76. The maximum absolute atomic E-state index is 12.5. The highest BCUT2D eigenvalue weighted by Crippen LogP contribution is 2.34. The molecule has 1 aromatic rings. The van der Waals surface area contributed by atoms with Crippen molar-refractivity contribution in [1.29, 1.82) is 0 Å². The van der Waals surface area contributed by atoms with E-state index >= 15 is 0 Å². The van der Waals surface area contributed by atoms with Crippen LogP contribution in [-0.2, 0) is 16.2 Å². The van der Waals surface area contributed by atoms with Crippen molar-refractivity contribution in [3.63, 3.8) is 0 Å². The highest BCUT2D eigenvalue weighted by atomic mass is 16.7. The van der Waals surface area contributed by atoms with Crippen molar-refractivity contribution < 1.29 is 9.63 Å². The topological polar surface area (TPSA) is 70.9 Å². The van der Waals surface area contributed by atoms with Gasteiger partial charge in [-0.1, -0.05) is 5.16 Å². The van der Waals surface area contributed by atoms with Crippen molar-refractivity contribution in [2.24, 2.45) is 5.16 Å². The van der Waals surface area contributed by atoms with E-state index in [2.05, 4.69) is 20.0 Å². The molecular formula is C18H27N5O2. The number of amides is 1. The van der Waals surface area contributed by atoms with Crippen LogP contribution in [0.1, 0.15) is 44.5 Å². The lowest BCUT2D eigenvalue weighted by molar-refractivity contribution is -0.124. The highest BCUT2D eigenvalue weighted by molar-refractivity contribution is 6.39. The fourth-order valence-corrected chi connectivity index (χ4v) is 3.44. The second kappa shape index (κ2) is 7.07. The average molecular weight is 345 g/mol. The molecule has 3 rings (SSSR count). The molecule has 25 heavy (non-hydrogen) atoms. The number of aromatic nitrogens is 2. The first-order chi connectivity index (χ1) is 11.9. The van der Waals surface area contributed by atoms with Gasteiger partial charge in [-0.05, 0) is 40.2 Å². The maximum Gasteiger partial charge on any atom is 0.271 e. The lowest BCUT2D eigenvalue weighted by Gasteiger charge is -2.38. The van der Waals surface area contributed by atoms with Crippen LogP contribution in [0.4, 0.5) is 0 Å². The van der Waals surface area contributed by atoms with Crippen LogP contribution in [0.5, 0.6) is 0 Å². The molecular weight excluding hydrogens is 318 g/mol. The van der Waals surface area contributed by atoms with Gasteiger partial charge in [0, 0.05) is 45.0 Å². The highest BCUT2D eigenvalue weighted by Gasteiger charge is 2.45. The standard InChI is InChI=1S/C18H27N5O2/c1-13(2)22(4)17(24)16-8-18(25-21-16)6-5-7-23(12-18)11-15-10-19-9-14(3)20-15/h9-10,13H,5-8,11-12H2,1-4H3. The third-order valence-electron chi connectivity index (χ3n) is 4.99. The van der Waals surface area contributed by atoms with Gasteiger partial charge in [0.25, 0.3) is 5.91 Å². The molecule has 1 spiro atoms. The number of piperidine rings is 1. The summed E-state index contributed by atoms with van der Waals surface area (Å²) in [6.45, 7) is 8.44. The monoisotopic (exact) mass is 345 g/mol. The van der Waals surface area contributed by atoms with Crippen LogP contribution in [0, 0.1) is 6.92 Å². The maximum atomic E-state index is 12.5. The fraction of sp³-hybridized carbons (Fsp3) is 0.667. The van der Waals surface area contributed by atoms with Crippen LogP contribution >= 0.6 is 0 Å². The Balaban J connectivity index is 1.63. The van der Waals surface area contributed by atoms with Crippen molar-refractivity contribution in [3.05, 3.63) is 23.8 Å². The molecule has 1 saturated heterocycles. The Morgan fingerprint density at radius 2 is 2.24 bits per heavy atom. The summed E-state index contributed by atoms with van der Waals surface area (Å²) in [5, 5.41) is 4.14. The Morgan fingerprint density at radius 1 is 1.44 bits per heavy atom. The first-order valence-electron chi connectivity index (χ1n) is 8.91. The summed E-state index contributed by atoms with van der Waals surface area (Å²) in [7, 11) is 1.81. The summed E-state index contributed by atoms with van der Waals surface area (Å²) in [4.78, 5) is 31.1. The van der Waals surface area contributed by atoms with E-state index in [-0.39, 0.29) is 17.6 Å². The molecule has 136 valence electrons. The van der Waals surface area contributed by atoms with Gasteiger partial charge in [0.15, 0.2) is 5.60 Å². The normalized spacial score (nSPS) is 23.6. The van der Waals surface area contributed by atoms with Crippen LogP contribution in [-0.4, -0.2) is 63.2 Å². The smallest absolute Gasteiger partial charge is 0.271 e. The first kappa shape index (κ1) is 17.8. The van der Waals surface area contributed by atoms with E-state index in [0.717, 1.165) is 43.9 Å². The van der Waals surface area contributed by atoms with Crippen LogP contribution in [0.2, 0.25) is 0 Å². The minimum absolute atomic E-state index is 0.0338. The van der Waals surface area contributed by atoms with E-state index in [0.29, 0.717) is 12.1 Å². The number of oxime groups is 1. The minimum atomic E-state index is -0.377. The zero-order chi connectivity index (χ0) is 18.0. The molecule has 1 unspecified atom stereocenters. The number of hydrogen-bond donors (Lipinski definition) is 0. The molecule has 0 saturated carbocycles. The van der Waals surface area contributed by atoms with Crippen LogP contribution < -0.4 is 0 Å². The summed E-state index contributed by atoms with van der Waals surface area (Å²) in [5.74, 6) is -0.0338. The van der Waals surface area contributed by atoms with Gasteiger partial charge < -0.3 is 9.74 Å². The van der Waals surface area contributed by atoms with E-state index in [1.165, 1.54) is 0 Å². The summed E-state index contributed by atoms with van der Waals surface area (Å²) in [5.41, 5.74) is 2.05. The molecule has 0 aliphatic carbocycles. The lowest BCUT2D eigenvalue weighted by atomic mass is 9.88. The second-order valence-corrected chi connectivity index (χ2v) is 7.46.